The summed E-state index contributed by atoms with van der Waals surface area (Å²) in [6, 6.07) is 0. The van der Waals surface area contributed by atoms with Crippen LogP contribution in [-0.2, 0) is 0 Å². The van der Waals surface area contributed by atoms with Crippen molar-refractivity contribution < 1.29 is 10.2 Å². The van der Waals surface area contributed by atoms with Gasteiger partial charge in [-0.1, -0.05) is 6.92 Å². The van der Waals surface area contributed by atoms with Gasteiger partial charge in [0, 0.05) is 5.92 Å². The lowest BCUT2D eigenvalue weighted by Crippen LogP contribution is -2.14. The van der Waals surface area contributed by atoms with Gasteiger partial charge in [0.05, 0.1) is 11.9 Å². The van der Waals surface area contributed by atoms with Gasteiger partial charge in [0.2, 0.25) is 0 Å². The van der Waals surface area contributed by atoms with Crippen molar-refractivity contribution in [1.82, 2.24) is 0 Å². The molecule has 0 bridgehead atoms. The first-order valence-electron chi connectivity index (χ1n) is 3.29. The lowest BCUT2D eigenvalue weighted by Gasteiger charge is -2.18. The monoisotopic (exact) mass is 128 g/mol. The van der Waals surface area contributed by atoms with E-state index in [2.05, 4.69) is 0 Å². The molecule has 0 aliphatic heterocycles. The first-order chi connectivity index (χ1) is 4.20. The fraction of sp³-hybridized carbons (Fsp3) is 0.714. The van der Waals surface area contributed by atoms with Gasteiger partial charge in [-0.15, -0.1) is 0 Å². The van der Waals surface area contributed by atoms with Crippen molar-refractivity contribution in [2.75, 3.05) is 0 Å². The van der Waals surface area contributed by atoms with Gasteiger partial charge in [-0.05, 0) is 18.9 Å². The van der Waals surface area contributed by atoms with Gasteiger partial charge in [0.25, 0.3) is 0 Å². The molecule has 0 fully saturated rings. The summed E-state index contributed by atoms with van der Waals surface area (Å²) in [6.45, 7) is 1.96. The Balaban J connectivity index is 2.61. The Hall–Kier alpha value is -0.500. The van der Waals surface area contributed by atoms with E-state index in [0.29, 0.717) is 5.76 Å². The Morgan fingerprint density at radius 1 is 1.56 bits per heavy atom. The number of allylic oxidation sites excluding steroid dienone is 1. The quantitative estimate of drug-likeness (QED) is 0.515. The predicted octanol–water partition coefficient (Wildman–Crippen LogP) is 1.22. The summed E-state index contributed by atoms with van der Waals surface area (Å²) in [6.07, 6.45) is 2.78. The summed E-state index contributed by atoms with van der Waals surface area (Å²) in [7, 11) is 0. The number of rotatable bonds is 0. The molecular formula is C7H12O2. The molecule has 0 radical (unpaired) electrons. The molecule has 2 unspecified atom stereocenters. The molecule has 1 aliphatic carbocycles. The van der Waals surface area contributed by atoms with Crippen molar-refractivity contribution in [2.24, 2.45) is 5.92 Å². The molecule has 0 saturated carbocycles. The maximum absolute atomic E-state index is 9.05. The van der Waals surface area contributed by atoms with Gasteiger partial charge in [-0.25, -0.2) is 0 Å². The third-order valence-corrected chi connectivity index (χ3v) is 1.76. The van der Waals surface area contributed by atoms with E-state index < -0.39 is 6.10 Å². The molecule has 0 saturated heterocycles. The lowest BCUT2D eigenvalue weighted by molar-refractivity contribution is 0.172. The Kier molecular flexibility index (Phi) is 1.76. The summed E-state index contributed by atoms with van der Waals surface area (Å²) in [4.78, 5) is 0. The molecule has 0 aromatic rings. The lowest BCUT2D eigenvalue weighted by atomic mass is 9.94. The number of aliphatic hydroxyl groups is 2. The van der Waals surface area contributed by atoms with E-state index in [0.717, 1.165) is 12.8 Å². The van der Waals surface area contributed by atoms with Crippen LogP contribution in [0.2, 0.25) is 0 Å². The first kappa shape index (κ1) is 6.62. The second-order valence-corrected chi connectivity index (χ2v) is 2.64. The van der Waals surface area contributed by atoms with E-state index in [1.165, 1.54) is 6.08 Å². The highest BCUT2D eigenvalue weighted by atomic mass is 16.3. The van der Waals surface area contributed by atoms with Crippen LogP contribution in [0.4, 0.5) is 0 Å². The van der Waals surface area contributed by atoms with Gasteiger partial charge >= 0.3 is 0 Å². The van der Waals surface area contributed by atoms with Gasteiger partial charge in [0.15, 0.2) is 0 Å². The molecule has 52 valence electrons. The first-order valence-corrected chi connectivity index (χ1v) is 3.29. The minimum Gasteiger partial charge on any atom is -0.512 e. The predicted molar refractivity (Wildman–Crippen MR) is 35.1 cm³/mol. The molecule has 0 spiro atoms. The van der Waals surface area contributed by atoms with Gasteiger partial charge < -0.3 is 10.2 Å². The highest BCUT2D eigenvalue weighted by Crippen LogP contribution is 2.21. The third kappa shape index (κ3) is 1.45. The molecule has 0 aromatic carbocycles. The summed E-state index contributed by atoms with van der Waals surface area (Å²) in [5.41, 5.74) is 0. The zero-order valence-corrected chi connectivity index (χ0v) is 5.54. The van der Waals surface area contributed by atoms with Crippen molar-refractivity contribution in [3.63, 3.8) is 0 Å². The molecular weight excluding hydrogens is 116 g/mol. The van der Waals surface area contributed by atoms with Crippen molar-refractivity contribution >= 4 is 0 Å². The van der Waals surface area contributed by atoms with Crippen LogP contribution in [-0.4, -0.2) is 16.3 Å². The average Bonchev–Trinajstić information content (AvgIpc) is 1.80. The molecule has 2 heteroatoms. The molecule has 2 atom stereocenters. The summed E-state index contributed by atoms with van der Waals surface area (Å²) < 4.78 is 0. The number of hydrogen-bond acceptors (Lipinski definition) is 2. The van der Waals surface area contributed by atoms with Crippen LogP contribution >= 0.6 is 0 Å². The average molecular weight is 128 g/mol. The fourth-order valence-corrected chi connectivity index (χ4v) is 1.01. The van der Waals surface area contributed by atoms with E-state index in [1.807, 2.05) is 6.92 Å². The van der Waals surface area contributed by atoms with Crippen LogP contribution in [0, 0.1) is 5.92 Å². The van der Waals surface area contributed by atoms with Crippen LogP contribution in [0.25, 0.3) is 0 Å². The maximum Gasteiger partial charge on any atom is 0.0936 e. The Labute approximate surface area is 54.8 Å². The highest BCUT2D eigenvalue weighted by Gasteiger charge is 2.16. The van der Waals surface area contributed by atoms with E-state index in [1.54, 1.807) is 0 Å². The molecule has 0 amide bonds. The van der Waals surface area contributed by atoms with Crippen molar-refractivity contribution in [2.45, 2.75) is 25.9 Å². The van der Waals surface area contributed by atoms with Crippen LogP contribution in [0.5, 0.6) is 0 Å². The van der Waals surface area contributed by atoms with E-state index in [4.69, 9.17) is 10.2 Å². The van der Waals surface area contributed by atoms with Crippen molar-refractivity contribution in [3.8, 4) is 0 Å². The molecule has 0 aromatic heterocycles. The van der Waals surface area contributed by atoms with Gasteiger partial charge in [-0.3, -0.25) is 0 Å². The van der Waals surface area contributed by atoms with E-state index in [-0.39, 0.29) is 5.92 Å². The Morgan fingerprint density at radius 3 is 2.67 bits per heavy atom. The van der Waals surface area contributed by atoms with Crippen molar-refractivity contribution in [3.05, 3.63) is 11.8 Å². The summed E-state index contributed by atoms with van der Waals surface area (Å²) in [5, 5.41) is 18.0. The normalized spacial score (nSPS) is 36.0. The topological polar surface area (TPSA) is 40.5 Å². The third-order valence-electron chi connectivity index (χ3n) is 1.76. The smallest absolute Gasteiger partial charge is 0.0936 e. The van der Waals surface area contributed by atoms with Crippen molar-refractivity contribution in [1.29, 1.82) is 0 Å². The van der Waals surface area contributed by atoms with Gasteiger partial charge in [0.1, 0.15) is 0 Å². The minimum atomic E-state index is -0.416. The summed E-state index contributed by atoms with van der Waals surface area (Å²) in [5.74, 6) is 0.585. The Morgan fingerprint density at radius 2 is 2.22 bits per heavy atom. The molecule has 0 heterocycles. The molecule has 2 N–H and O–H groups in total. The van der Waals surface area contributed by atoms with E-state index >= 15 is 0 Å². The van der Waals surface area contributed by atoms with Crippen LogP contribution in [0.3, 0.4) is 0 Å². The Bertz CT molecular complexity index is 129. The zero-order chi connectivity index (χ0) is 6.85. The van der Waals surface area contributed by atoms with Crippen LogP contribution in [0.1, 0.15) is 19.8 Å². The SMILES string of the molecule is CC1CCC(O)C=C1O. The minimum absolute atomic E-state index is 0.244. The summed E-state index contributed by atoms with van der Waals surface area (Å²) >= 11 is 0. The molecule has 1 aliphatic rings. The largest absolute Gasteiger partial charge is 0.512 e. The number of hydrogen-bond donors (Lipinski definition) is 2. The highest BCUT2D eigenvalue weighted by molar-refractivity contribution is 5.03. The molecule has 9 heavy (non-hydrogen) atoms. The van der Waals surface area contributed by atoms with Gasteiger partial charge in [-0.2, -0.15) is 0 Å². The second kappa shape index (κ2) is 2.40. The maximum atomic E-state index is 9.05. The molecule has 1 rings (SSSR count). The molecule has 2 nitrogen and oxygen atoms in total. The number of aliphatic hydroxyl groups excluding tert-OH is 2. The standard InChI is InChI=1S/C7H12O2/c1-5-2-3-6(8)4-7(5)9/h4-6,8-9H,2-3H2,1H3. The van der Waals surface area contributed by atoms with E-state index in [9.17, 15) is 0 Å². The zero-order valence-electron chi connectivity index (χ0n) is 5.54. The second-order valence-electron chi connectivity index (χ2n) is 2.64. The van der Waals surface area contributed by atoms with Crippen LogP contribution in [0.15, 0.2) is 11.8 Å². The fourth-order valence-electron chi connectivity index (χ4n) is 1.01. The van der Waals surface area contributed by atoms with Crippen LogP contribution < -0.4 is 0 Å².